The largest absolute Gasteiger partial charge is 0.436 e. The number of rotatable bonds is 4. The molecule has 0 unspecified atom stereocenters. The number of alkyl halides is 3. The highest BCUT2D eigenvalue weighted by atomic mass is 35.5. The predicted octanol–water partition coefficient (Wildman–Crippen LogP) is 4.99. The standard InChI is InChI=1S/C18H13ClF3N5O/c1-10-6-12(4-3-5-23)7-11(2)14(10)28-16-13-15(25-17(19)26-16)24-9-27(13)8-18(20,21)22/h3-4,6-7,9H,8H2,1-2H3/b4-3+. The van der Waals surface area contributed by atoms with Gasteiger partial charge in [-0.3, -0.25) is 0 Å². The summed E-state index contributed by atoms with van der Waals surface area (Å²) in [7, 11) is 0. The summed E-state index contributed by atoms with van der Waals surface area (Å²) in [5, 5.41) is 8.46. The first kappa shape index (κ1) is 19.6. The van der Waals surface area contributed by atoms with Crippen molar-refractivity contribution in [3.63, 3.8) is 0 Å². The molecule has 2 heterocycles. The molecule has 0 bridgehead atoms. The van der Waals surface area contributed by atoms with E-state index in [2.05, 4.69) is 15.0 Å². The Bertz CT molecular complexity index is 1090. The number of aromatic nitrogens is 4. The zero-order valence-corrected chi connectivity index (χ0v) is 15.5. The Kier molecular flexibility index (Phi) is 5.25. The Hall–Kier alpha value is -3.12. The number of halogens is 4. The fourth-order valence-corrected chi connectivity index (χ4v) is 2.93. The summed E-state index contributed by atoms with van der Waals surface area (Å²) >= 11 is 5.88. The minimum Gasteiger partial charge on any atom is -0.436 e. The zero-order chi connectivity index (χ0) is 20.5. The van der Waals surface area contributed by atoms with Gasteiger partial charge in [0.2, 0.25) is 11.2 Å². The van der Waals surface area contributed by atoms with E-state index >= 15 is 0 Å². The molecular formula is C18H13ClF3N5O. The van der Waals surface area contributed by atoms with Gasteiger partial charge in [0.25, 0.3) is 0 Å². The second-order valence-corrected chi connectivity index (χ2v) is 6.34. The van der Waals surface area contributed by atoms with Crippen molar-refractivity contribution in [2.75, 3.05) is 0 Å². The molecule has 28 heavy (non-hydrogen) atoms. The maximum Gasteiger partial charge on any atom is 0.406 e. The van der Waals surface area contributed by atoms with Gasteiger partial charge in [0.1, 0.15) is 12.3 Å². The van der Waals surface area contributed by atoms with Crippen LogP contribution in [0.4, 0.5) is 13.2 Å². The van der Waals surface area contributed by atoms with E-state index in [1.807, 2.05) is 6.07 Å². The Morgan fingerprint density at radius 1 is 1.25 bits per heavy atom. The lowest BCUT2D eigenvalue weighted by molar-refractivity contribution is -0.140. The van der Waals surface area contributed by atoms with E-state index in [1.54, 1.807) is 32.1 Å². The van der Waals surface area contributed by atoms with E-state index in [0.29, 0.717) is 16.9 Å². The molecule has 0 fully saturated rings. The molecule has 0 amide bonds. The summed E-state index contributed by atoms with van der Waals surface area (Å²) in [5.74, 6) is 0.299. The SMILES string of the molecule is Cc1cc(/C=C/C#N)cc(C)c1Oc1nc(Cl)nc2ncn(CC(F)(F)F)c12. The average molecular weight is 408 g/mol. The molecule has 0 saturated carbocycles. The molecule has 0 spiro atoms. The highest BCUT2D eigenvalue weighted by Crippen LogP contribution is 2.34. The second-order valence-electron chi connectivity index (χ2n) is 6.01. The minimum atomic E-state index is -4.45. The van der Waals surface area contributed by atoms with E-state index in [9.17, 15) is 13.2 Å². The normalized spacial score (nSPS) is 11.9. The average Bonchev–Trinajstić information content (AvgIpc) is 2.96. The molecule has 0 aliphatic rings. The number of imidazole rings is 1. The van der Waals surface area contributed by atoms with Crippen molar-refractivity contribution in [1.29, 1.82) is 5.26 Å². The lowest BCUT2D eigenvalue weighted by Crippen LogP contribution is -2.17. The van der Waals surface area contributed by atoms with Crippen LogP contribution in [-0.2, 0) is 6.54 Å². The van der Waals surface area contributed by atoms with Gasteiger partial charge >= 0.3 is 6.18 Å². The molecule has 2 aromatic heterocycles. The summed E-state index contributed by atoms with van der Waals surface area (Å²) in [6.07, 6.45) is -0.448. The smallest absolute Gasteiger partial charge is 0.406 e. The number of fused-ring (bicyclic) bond motifs is 1. The van der Waals surface area contributed by atoms with Gasteiger partial charge in [-0.25, -0.2) is 4.98 Å². The lowest BCUT2D eigenvalue weighted by atomic mass is 10.1. The third-order valence-electron chi connectivity index (χ3n) is 3.79. The summed E-state index contributed by atoms with van der Waals surface area (Å²) in [4.78, 5) is 11.7. The van der Waals surface area contributed by atoms with Crippen molar-refractivity contribution >= 4 is 28.8 Å². The first-order valence-electron chi connectivity index (χ1n) is 7.98. The third-order valence-corrected chi connectivity index (χ3v) is 3.96. The molecule has 1 aromatic carbocycles. The second kappa shape index (κ2) is 7.48. The van der Waals surface area contributed by atoms with Gasteiger partial charge in [-0.15, -0.1) is 0 Å². The molecule has 0 N–H and O–H groups in total. The Labute approximate surface area is 162 Å². The predicted molar refractivity (Wildman–Crippen MR) is 97.0 cm³/mol. The van der Waals surface area contributed by atoms with E-state index in [0.717, 1.165) is 16.5 Å². The van der Waals surface area contributed by atoms with Crippen molar-refractivity contribution in [3.8, 4) is 17.7 Å². The Morgan fingerprint density at radius 3 is 2.54 bits per heavy atom. The highest BCUT2D eigenvalue weighted by molar-refractivity contribution is 6.28. The van der Waals surface area contributed by atoms with Crippen LogP contribution < -0.4 is 4.74 Å². The monoisotopic (exact) mass is 407 g/mol. The Balaban J connectivity index is 2.09. The minimum absolute atomic E-state index is 0.00290. The van der Waals surface area contributed by atoms with Gasteiger partial charge in [-0.1, -0.05) is 0 Å². The topological polar surface area (TPSA) is 76.6 Å². The number of ether oxygens (including phenoxy) is 1. The van der Waals surface area contributed by atoms with Gasteiger partial charge in [0.15, 0.2) is 11.2 Å². The molecular weight excluding hydrogens is 395 g/mol. The van der Waals surface area contributed by atoms with Crippen LogP contribution >= 0.6 is 11.6 Å². The van der Waals surface area contributed by atoms with E-state index in [4.69, 9.17) is 21.6 Å². The molecule has 0 radical (unpaired) electrons. The quantitative estimate of drug-likeness (QED) is 0.450. The number of benzene rings is 1. The molecule has 0 aliphatic heterocycles. The van der Waals surface area contributed by atoms with Crippen molar-refractivity contribution in [3.05, 3.63) is 46.5 Å². The zero-order valence-electron chi connectivity index (χ0n) is 14.8. The molecule has 0 saturated heterocycles. The molecule has 144 valence electrons. The number of nitrogens with zero attached hydrogens (tertiary/aromatic N) is 5. The summed E-state index contributed by atoms with van der Waals surface area (Å²) in [5.41, 5.74) is 2.21. The maximum absolute atomic E-state index is 12.9. The molecule has 3 rings (SSSR count). The van der Waals surface area contributed by atoms with Crippen molar-refractivity contribution in [2.24, 2.45) is 0 Å². The summed E-state index contributed by atoms with van der Waals surface area (Å²) in [6, 6.07) is 5.47. The first-order valence-corrected chi connectivity index (χ1v) is 8.36. The van der Waals surface area contributed by atoms with E-state index < -0.39 is 12.7 Å². The molecule has 0 aliphatic carbocycles. The number of hydrogen-bond donors (Lipinski definition) is 0. The number of allylic oxidation sites excluding steroid dienone is 1. The van der Waals surface area contributed by atoms with Crippen LogP contribution in [0, 0.1) is 25.2 Å². The van der Waals surface area contributed by atoms with Crippen LogP contribution in [0.2, 0.25) is 5.28 Å². The van der Waals surface area contributed by atoms with Crippen molar-refractivity contribution < 1.29 is 17.9 Å². The fraction of sp³-hybridized carbons (Fsp3) is 0.222. The van der Waals surface area contributed by atoms with Crippen LogP contribution in [0.5, 0.6) is 11.6 Å². The van der Waals surface area contributed by atoms with Gasteiger partial charge in [-0.2, -0.15) is 28.4 Å². The fourth-order valence-electron chi connectivity index (χ4n) is 2.78. The van der Waals surface area contributed by atoms with Crippen LogP contribution in [0.15, 0.2) is 24.5 Å². The summed E-state index contributed by atoms with van der Waals surface area (Å²) in [6.45, 7) is 2.29. The van der Waals surface area contributed by atoms with Gasteiger partial charge in [0.05, 0.1) is 12.4 Å². The first-order chi connectivity index (χ1) is 13.2. The molecule has 6 nitrogen and oxygen atoms in total. The van der Waals surface area contributed by atoms with Gasteiger partial charge < -0.3 is 9.30 Å². The summed E-state index contributed by atoms with van der Waals surface area (Å²) < 4.78 is 45.3. The lowest BCUT2D eigenvalue weighted by Gasteiger charge is -2.14. The van der Waals surface area contributed by atoms with Crippen LogP contribution in [0.3, 0.4) is 0 Å². The Morgan fingerprint density at radius 2 is 1.93 bits per heavy atom. The molecule has 10 heteroatoms. The molecule has 0 atom stereocenters. The van der Waals surface area contributed by atoms with E-state index in [-0.39, 0.29) is 22.3 Å². The van der Waals surface area contributed by atoms with Gasteiger partial charge in [-0.05, 0) is 60.3 Å². The van der Waals surface area contributed by atoms with Gasteiger partial charge in [0, 0.05) is 6.08 Å². The van der Waals surface area contributed by atoms with Crippen LogP contribution in [-0.4, -0.2) is 25.7 Å². The highest BCUT2D eigenvalue weighted by Gasteiger charge is 2.30. The van der Waals surface area contributed by atoms with E-state index in [1.165, 1.54) is 6.08 Å². The van der Waals surface area contributed by atoms with Crippen molar-refractivity contribution in [2.45, 2.75) is 26.6 Å². The number of aryl methyl sites for hydroxylation is 2. The maximum atomic E-state index is 12.9. The molecule has 3 aromatic rings. The number of hydrogen-bond acceptors (Lipinski definition) is 5. The van der Waals surface area contributed by atoms with Crippen molar-refractivity contribution in [1.82, 2.24) is 19.5 Å². The number of nitriles is 1. The van der Waals surface area contributed by atoms with Crippen LogP contribution in [0.1, 0.15) is 16.7 Å². The third kappa shape index (κ3) is 4.23. The van der Waals surface area contributed by atoms with Crippen LogP contribution in [0.25, 0.3) is 17.2 Å².